The number of hydrogen-bond acceptors (Lipinski definition) is 4. The Bertz CT molecular complexity index is 462. The number of carbonyl (C=O) groups is 1. The molecule has 1 rings (SSSR count). The van der Waals surface area contributed by atoms with E-state index in [1.165, 1.54) is 20.3 Å². The lowest BCUT2D eigenvalue weighted by atomic mass is 9.94. The van der Waals surface area contributed by atoms with Crippen LogP contribution in [0.4, 0.5) is 0 Å². The Hall–Kier alpha value is -1.46. The third-order valence-electron chi connectivity index (χ3n) is 2.79. The number of carboxylic acids is 1. The lowest BCUT2D eigenvalue weighted by Crippen LogP contribution is -2.22. The Morgan fingerprint density at radius 2 is 2.11 bits per heavy atom. The van der Waals surface area contributed by atoms with Gasteiger partial charge >= 0.3 is 5.97 Å². The lowest BCUT2D eigenvalue weighted by molar-refractivity contribution is -0.138. The van der Waals surface area contributed by atoms with Gasteiger partial charge in [-0.1, -0.05) is 11.6 Å². The van der Waals surface area contributed by atoms with E-state index in [4.69, 9.17) is 31.9 Å². The molecule has 0 fully saturated rings. The first-order chi connectivity index (χ1) is 8.47. The zero-order chi connectivity index (χ0) is 13.9. The second-order valence-corrected chi connectivity index (χ2v) is 4.17. The van der Waals surface area contributed by atoms with Crippen molar-refractivity contribution in [1.29, 1.82) is 0 Å². The van der Waals surface area contributed by atoms with Gasteiger partial charge in [-0.2, -0.15) is 0 Å². The van der Waals surface area contributed by atoms with E-state index in [1.807, 2.05) is 0 Å². The number of carboxylic acid groups (broad SMARTS) is 1. The Morgan fingerprint density at radius 3 is 2.50 bits per heavy atom. The molecule has 6 heteroatoms. The number of halogens is 1. The van der Waals surface area contributed by atoms with E-state index in [0.717, 1.165) is 0 Å². The summed E-state index contributed by atoms with van der Waals surface area (Å²) in [4.78, 5) is 11.2. The smallest absolute Gasteiger partial charge is 0.312 e. The molecule has 0 aliphatic rings. The molecule has 0 radical (unpaired) electrons. The predicted octanol–water partition coefficient (Wildman–Crippen LogP) is 1.79. The summed E-state index contributed by atoms with van der Waals surface area (Å²) in [6.07, 6.45) is 0. The molecule has 0 aromatic heterocycles. The van der Waals surface area contributed by atoms with Crippen LogP contribution in [0.15, 0.2) is 6.07 Å². The van der Waals surface area contributed by atoms with Gasteiger partial charge in [-0.05, 0) is 12.5 Å². The molecule has 0 amide bonds. The monoisotopic (exact) mass is 273 g/mol. The van der Waals surface area contributed by atoms with Crippen molar-refractivity contribution < 1.29 is 19.4 Å². The van der Waals surface area contributed by atoms with E-state index < -0.39 is 11.9 Å². The zero-order valence-electron chi connectivity index (χ0n) is 10.5. The Morgan fingerprint density at radius 1 is 1.50 bits per heavy atom. The molecule has 1 atom stereocenters. The predicted molar refractivity (Wildman–Crippen MR) is 68.7 cm³/mol. The summed E-state index contributed by atoms with van der Waals surface area (Å²) in [5.41, 5.74) is 6.58. The van der Waals surface area contributed by atoms with Crippen LogP contribution in [-0.2, 0) is 4.79 Å². The largest absolute Gasteiger partial charge is 0.493 e. The van der Waals surface area contributed by atoms with Crippen LogP contribution in [0.5, 0.6) is 11.5 Å². The molecule has 0 saturated carbocycles. The van der Waals surface area contributed by atoms with E-state index in [0.29, 0.717) is 27.6 Å². The summed E-state index contributed by atoms with van der Waals surface area (Å²) in [5, 5.41) is 9.46. The van der Waals surface area contributed by atoms with Crippen LogP contribution in [-0.4, -0.2) is 31.8 Å². The maximum atomic E-state index is 11.2. The highest BCUT2D eigenvalue weighted by molar-refractivity contribution is 6.32. The van der Waals surface area contributed by atoms with Crippen LogP contribution in [0.1, 0.15) is 17.0 Å². The van der Waals surface area contributed by atoms with Crippen molar-refractivity contribution in [3.05, 3.63) is 22.2 Å². The lowest BCUT2D eigenvalue weighted by Gasteiger charge is -2.19. The Kier molecular flexibility index (Phi) is 4.81. The zero-order valence-corrected chi connectivity index (χ0v) is 11.2. The third-order valence-corrected chi connectivity index (χ3v) is 3.10. The summed E-state index contributed by atoms with van der Waals surface area (Å²) >= 11 is 6.11. The third kappa shape index (κ3) is 2.52. The molecule has 0 aliphatic heterocycles. The van der Waals surface area contributed by atoms with Crippen molar-refractivity contribution in [3.8, 4) is 11.5 Å². The molecule has 1 aromatic carbocycles. The molecule has 1 aromatic rings. The number of nitrogens with two attached hydrogens (primary N) is 1. The van der Waals surface area contributed by atoms with Gasteiger partial charge < -0.3 is 20.3 Å². The number of rotatable bonds is 5. The molecule has 5 nitrogen and oxygen atoms in total. The summed E-state index contributed by atoms with van der Waals surface area (Å²) in [6, 6.07) is 1.54. The molecule has 0 aliphatic carbocycles. The van der Waals surface area contributed by atoms with Crippen LogP contribution >= 0.6 is 11.6 Å². The molecule has 3 N–H and O–H groups in total. The van der Waals surface area contributed by atoms with Crippen LogP contribution < -0.4 is 15.2 Å². The average molecular weight is 274 g/mol. The first-order valence-electron chi connectivity index (χ1n) is 5.31. The second kappa shape index (κ2) is 5.93. The van der Waals surface area contributed by atoms with Gasteiger partial charge in [0, 0.05) is 23.2 Å². The SMILES string of the molecule is COc1cc(Cl)c(C(CN)C(=O)O)c(C)c1OC. The number of ether oxygens (including phenoxy) is 2. The molecule has 0 spiro atoms. The fourth-order valence-corrected chi connectivity index (χ4v) is 2.29. The number of aliphatic carboxylic acids is 1. The van der Waals surface area contributed by atoms with Crippen molar-refractivity contribution in [3.63, 3.8) is 0 Å². The van der Waals surface area contributed by atoms with Crippen LogP contribution in [0.2, 0.25) is 5.02 Å². The van der Waals surface area contributed by atoms with Crippen molar-refractivity contribution >= 4 is 17.6 Å². The molecular weight excluding hydrogens is 258 g/mol. The minimum Gasteiger partial charge on any atom is -0.493 e. The topological polar surface area (TPSA) is 81.8 Å². The average Bonchev–Trinajstić information content (AvgIpc) is 2.33. The summed E-state index contributed by atoms with van der Waals surface area (Å²) in [6.45, 7) is 1.69. The van der Waals surface area contributed by atoms with E-state index in [2.05, 4.69) is 0 Å². The van der Waals surface area contributed by atoms with Gasteiger partial charge in [0.15, 0.2) is 11.5 Å². The fraction of sp³-hybridized carbons (Fsp3) is 0.417. The van der Waals surface area contributed by atoms with Crippen LogP contribution in [0.3, 0.4) is 0 Å². The Labute approximate surface area is 110 Å². The standard InChI is InChI=1S/C12H16ClNO4/c1-6-10(7(5-14)12(15)16)8(13)4-9(17-2)11(6)18-3/h4,7H,5,14H2,1-3H3,(H,15,16). The minimum absolute atomic E-state index is 0.0363. The first-order valence-corrected chi connectivity index (χ1v) is 5.69. The van der Waals surface area contributed by atoms with E-state index in [1.54, 1.807) is 6.92 Å². The quantitative estimate of drug-likeness (QED) is 0.855. The minimum atomic E-state index is -1.02. The normalized spacial score (nSPS) is 12.1. The maximum absolute atomic E-state index is 11.2. The van der Waals surface area contributed by atoms with E-state index in [-0.39, 0.29) is 6.54 Å². The second-order valence-electron chi connectivity index (χ2n) is 3.76. The van der Waals surface area contributed by atoms with Gasteiger partial charge in [0.05, 0.1) is 20.1 Å². The maximum Gasteiger partial charge on any atom is 0.312 e. The van der Waals surface area contributed by atoms with Crippen molar-refractivity contribution in [2.45, 2.75) is 12.8 Å². The first kappa shape index (κ1) is 14.6. The van der Waals surface area contributed by atoms with Crippen molar-refractivity contribution in [1.82, 2.24) is 0 Å². The van der Waals surface area contributed by atoms with Gasteiger partial charge in [0.2, 0.25) is 0 Å². The van der Waals surface area contributed by atoms with Crippen LogP contribution in [0, 0.1) is 6.92 Å². The van der Waals surface area contributed by atoms with Gasteiger partial charge in [-0.25, -0.2) is 0 Å². The van der Waals surface area contributed by atoms with Crippen LogP contribution in [0.25, 0.3) is 0 Å². The van der Waals surface area contributed by atoms with E-state index >= 15 is 0 Å². The summed E-state index contributed by atoms with van der Waals surface area (Å²) in [5.74, 6) is -0.950. The highest BCUT2D eigenvalue weighted by Gasteiger charge is 2.26. The van der Waals surface area contributed by atoms with Gasteiger partial charge in [-0.15, -0.1) is 0 Å². The molecule has 1 unspecified atom stereocenters. The number of hydrogen-bond donors (Lipinski definition) is 2. The number of benzene rings is 1. The highest BCUT2D eigenvalue weighted by atomic mass is 35.5. The fourth-order valence-electron chi connectivity index (χ4n) is 1.92. The van der Waals surface area contributed by atoms with Gasteiger partial charge in [-0.3, -0.25) is 4.79 Å². The molecular formula is C12H16ClNO4. The molecule has 0 heterocycles. The van der Waals surface area contributed by atoms with Crippen molar-refractivity contribution in [2.24, 2.45) is 5.73 Å². The Balaban J connectivity index is 3.49. The molecule has 0 saturated heterocycles. The van der Waals surface area contributed by atoms with E-state index in [9.17, 15) is 4.79 Å². The van der Waals surface area contributed by atoms with Crippen molar-refractivity contribution in [2.75, 3.05) is 20.8 Å². The summed E-state index contributed by atoms with van der Waals surface area (Å²) in [7, 11) is 2.98. The molecule has 18 heavy (non-hydrogen) atoms. The number of methoxy groups -OCH3 is 2. The summed E-state index contributed by atoms with van der Waals surface area (Å²) < 4.78 is 10.4. The molecule has 0 bridgehead atoms. The van der Waals surface area contributed by atoms with Gasteiger partial charge in [0.25, 0.3) is 0 Å². The molecule has 100 valence electrons. The van der Waals surface area contributed by atoms with Gasteiger partial charge in [0.1, 0.15) is 0 Å². The highest BCUT2D eigenvalue weighted by Crippen LogP contribution is 2.40.